The van der Waals surface area contributed by atoms with Gasteiger partial charge in [-0.1, -0.05) is 217 Å². The fourth-order valence-electron chi connectivity index (χ4n) is 7.53. The molecular formula is C53H100NO8P. The van der Waals surface area contributed by atoms with Crippen LogP contribution in [0, 0.1) is 0 Å². The molecule has 0 fully saturated rings. The summed E-state index contributed by atoms with van der Waals surface area (Å²) in [4.78, 5) is 34.9. The van der Waals surface area contributed by atoms with E-state index in [1.807, 2.05) is 0 Å². The minimum atomic E-state index is -4.38. The molecule has 0 spiro atoms. The Bertz CT molecular complexity index is 1130. The monoisotopic (exact) mass is 910 g/mol. The first-order chi connectivity index (χ1) is 30.8. The molecule has 0 saturated carbocycles. The van der Waals surface area contributed by atoms with Crippen LogP contribution in [-0.4, -0.2) is 49.3 Å². The van der Waals surface area contributed by atoms with Gasteiger partial charge in [-0.05, 0) is 64.2 Å². The Morgan fingerprint density at radius 2 is 0.841 bits per heavy atom. The van der Waals surface area contributed by atoms with E-state index in [9.17, 15) is 19.0 Å². The molecule has 3 N–H and O–H groups in total. The van der Waals surface area contributed by atoms with Gasteiger partial charge in [0.25, 0.3) is 0 Å². The number of phosphoric acid groups is 1. The van der Waals surface area contributed by atoms with Crippen LogP contribution in [0.4, 0.5) is 0 Å². The van der Waals surface area contributed by atoms with Crippen molar-refractivity contribution in [2.75, 3.05) is 26.4 Å². The molecule has 9 nitrogen and oxygen atoms in total. The third-order valence-corrected chi connectivity index (χ3v) is 12.5. The van der Waals surface area contributed by atoms with E-state index in [0.29, 0.717) is 6.42 Å². The van der Waals surface area contributed by atoms with Crippen LogP contribution in [0.2, 0.25) is 0 Å². The topological polar surface area (TPSA) is 134 Å². The molecule has 0 saturated heterocycles. The zero-order valence-corrected chi connectivity index (χ0v) is 42.0. The van der Waals surface area contributed by atoms with Crippen molar-refractivity contribution >= 4 is 19.8 Å². The molecule has 0 radical (unpaired) electrons. The predicted molar refractivity (Wildman–Crippen MR) is 266 cm³/mol. The van der Waals surface area contributed by atoms with Crippen LogP contribution in [0.5, 0.6) is 0 Å². The van der Waals surface area contributed by atoms with Crippen LogP contribution in [0.3, 0.4) is 0 Å². The van der Waals surface area contributed by atoms with Crippen LogP contribution in [0.15, 0.2) is 36.5 Å². The number of nitrogens with two attached hydrogens (primary N) is 1. The average Bonchev–Trinajstić information content (AvgIpc) is 3.27. The zero-order valence-electron chi connectivity index (χ0n) is 41.1. The Hall–Kier alpha value is -1.77. The molecule has 0 aliphatic rings. The molecule has 63 heavy (non-hydrogen) atoms. The van der Waals surface area contributed by atoms with Crippen LogP contribution >= 0.6 is 7.82 Å². The molecule has 0 amide bonds. The maximum absolute atomic E-state index is 12.6. The maximum atomic E-state index is 12.6. The second kappa shape index (κ2) is 49.7. The summed E-state index contributed by atoms with van der Waals surface area (Å²) >= 11 is 0. The summed E-state index contributed by atoms with van der Waals surface area (Å²) in [6.45, 7) is 3.70. The molecule has 0 bridgehead atoms. The molecule has 0 rings (SSSR count). The van der Waals surface area contributed by atoms with Gasteiger partial charge in [0.1, 0.15) is 6.61 Å². The summed E-state index contributed by atoms with van der Waals surface area (Å²) < 4.78 is 32.8. The largest absolute Gasteiger partial charge is 0.472 e. The quantitative estimate of drug-likeness (QED) is 0.0265. The number of hydrogen-bond donors (Lipinski definition) is 2. The molecular weight excluding hydrogens is 810 g/mol. The minimum Gasteiger partial charge on any atom is -0.462 e. The van der Waals surface area contributed by atoms with Crippen molar-refractivity contribution in [2.45, 2.75) is 264 Å². The summed E-state index contributed by atoms with van der Waals surface area (Å²) in [5.74, 6) is -0.831. The third-order valence-electron chi connectivity index (χ3n) is 11.5. The fourth-order valence-corrected chi connectivity index (χ4v) is 8.30. The van der Waals surface area contributed by atoms with E-state index in [1.165, 1.54) is 161 Å². The number of hydrogen-bond acceptors (Lipinski definition) is 8. The molecule has 2 atom stereocenters. The van der Waals surface area contributed by atoms with Crippen molar-refractivity contribution in [3.63, 3.8) is 0 Å². The summed E-state index contributed by atoms with van der Waals surface area (Å²) in [6, 6.07) is 0. The average molecular weight is 910 g/mol. The number of rotatable bonds is 50. The van der Waals surface area contributed by atoms with Crippen molar-refractivity contribution < 1.29 is 37.6 Å². The van der Waals surface area contributed by atoms with E-state index in [2.05, 4.69) is 50.3 Å². The molecule has 370 valence electrons. The SMILES string of the molecule is CCCC/C=C\CCCCCCCC(=O)OCC(COP(=O)(O)OCCN)OC(=O)CCCCCCCCCCCCCCCCCCCCC/C=C\C/C=C\CCCCCCC. The molecule has 10 heteroatoms. The van der Waals surface area contributed by atoms with E-state index in [-0.39, 0.29) is 38.6 Å². The predicted octanol–water partition coefficient (Wildman–Crippen LogP) is 16.1. The van der Waals surface area contributed by atoms with Crippen LogP contribution in [0.25, 0.3) is 0 Å². The summed E-state index contributed by atoms with van der Waals surface area (Å²) in [6.07, 6.45) is 57.8. The van der Waals surface area contributed by atoms with Gasteiger partial charge in [-0.25, -0.2) is 4.57 Å². The summed E-state index contributed by atoms with van der Waals surface area (Å²) in [7, 11) is -4.38. The lowest BCUT2D eigenvalue weighted by atomic mass is 10.0. The molecule has 0 aromatic carbocycles. The van der Waals surface area contributed by atoms with Gasteiger partial charge in [-0.3, -0.25) is 18.6 Å². The van der Waals surface area contributed by atoms with Gasteiger partial charge < -0.3 is 20.1 Å². The van der Waals surface area contributed by atoms with Gasteiger partial charge >= 0.3 is 19.8 Å². The first kappa shape index (κ1) is 61.2. The van der Waals surface area contributed by atoms with Crippen molar-refractivity contribution in [3.8, 4) is 0 Å². The van der Waals surface area contributed by atoms with Gasteiger partial charge in [-0.2, -0.15) is 0 Å². The van der Waals surface area contributed by atoms with Gasteiger partial charge in [0.05, 0.1) is 13.2 Å². The number of carbonyl (C=O) groups is 2. The number of ether oxygens (including phenoxy) is 2. The molecule has 0 aromatic heterocycles. The Balaban J connectivity index is 3.85. The lowest BCUT2D eigenvalue weighted by molar-refractivity contribution is -0.161. The summed E-state index contributed by atoms with van der Waals surface area (Å²) in [5.41, 5.74) is 5.36. The van der Waals surface area contributed by atoms with E-state index < -0.39 is 26.5 Å². The third kappa shape index (κ3) is 49.5. The highest BCUT2D eigenvalue weighted by Crippen LogP contribution is 2.43. The molecule has 0 aromatic rings. The van der Waals surface area contributed by atoms with Crippen LogP contribution < -0.4 is 5.73 Å². The minimum absolute atomic E-state index is 0.0535. The number of phosphoric ester groups is 1. The fraction of sp³-hybridized carbons (Fsp3) is 0.849. The first-order valence-corrected chi connectivity index (χ1v) is 28.0. The Labute approximate surface area is 388 Å². The smallest absolute Gasteiger partial charge is 0.462 e. The van der Waals surface area contributed by atoms with E-state index in [0.717, 1.165) is 64.2 Å². The van der Waals surface area contributed by atoms with Gasteiger partial charge in [0.2, 0.25) is 0 Å². The van der Waals surface area contributed by atoms with Crippen molar-refractivity contribution in [2.24, 2.45) is 5.73 Å². The highest BCUT2D eigenvalue weighted by molar-refractivity contribution is 7.47. The van der Waals surface area contributed by atoms with Gasteiger partial charge in [-0.15, -0.1) is 0 Å². The number of allylic oxidation sites excluding steroid dienone is 6. The van der Waals surface area contributed by atoms with Crippen LogP contribution in [0.1, 0.15) is 258 Å². The zero-order chi connectivity index (χ0) is 46.0. The standard InChI is InChI=1S/C53H100NO8P/c1-3-5-7-9-11-13-15-16-17-18-19-20-21-22-23-24-25-26-27-28-29-30-31-32-33-34-36-38-40-42-44-46-53(56)62-51(50-61-63(57,58)60-48-47-54)49-59-52(55)45-43-41-39-37-35-14-12-10-8-6-4-2/h10,12,15-16,18-19,51H,3-9,11,13-14,17,20-50,54H2,1-2H3,(H,57,58)/b12-10-,16-15-,19-18-. The normalized spacial score (nSPS) is 13.4. The second-order valence-electron chi connectivity index (χ2n) is 17.7. The number of esters is 2. The first-order valence-electron chi connectivity index (χ1n) is 26.5. The number of unbranched alkanes of at least 4 members (excludes halogenated alkanes) is 31. The molecule has 0 aliphatic heterocycles. The van der Waals surface area contributed by atoms with Gasteiger partial charge in [0.15, 0.2) is 6.10 Å². The summed E-state index contributed by atoms with van der Waals surface area (Å²) in [5, 5.41) is 0. The van der Waals surface area contributed by atoms with Gasteiger partial charge in [0, 0.05) is 19.4 Å². The van der Waals surface area contributed by atoms with E-state index in [1.54, 1.807) is 0 Å². The second-order valence-corrected chi connectivity index (χ2v) is 19.2. The highest BCUT2D eigenvalue weighted by atomic mass is 31.2. The lowest BCUT2D eigenvalue weighted by Crippen LogP contribution is -2.29. The van der Waals surface area contributed by atoms with Crippen molar-refractivity contribution in [1.29, 1.82) is 0 Å². The lowest BCUT2D eigenvalue weighted by Gasteiger charge is -2.19. The molecule has 0 heterocycles. The number of carbonyl (C=O) groups excluding carboxylic acids is 2. The Morgan fingerprint density at radius 3 is 1.27 bits per heavy atom. The Kier molecular flexibility index (Phi) is 48.3. The van der Waals surface area contributed by atoms with Crippen LogP contribution in [-0.2, 0) is 32.7 Å². The van der Waals surface area contributed by atoms with Crippen molar-refractivity contribution in [1.82, 2.24) is 0 Å². The van der Waals surface area contributed by atoms with E-state index in [4.69, 9.17) is 24.3 Å². The highest BCUT2D eigenvalue weighted by Gasteiger charge is 2.26. The molecule has 0 aliphatic carbocycles. The Morgan fingerprint density at radius 1 is 0.476 bits per heavy atom. The molecule has 2 unspecified atom stereocenters. The maximum Gasteiger partial charge on any atom is 0.472 e. The van der Waals surface area contributed by atoms with Crippen molar-refractivity contribution in [3.05, 3.63) is 36.5 Å². The van der Waals surface area contributed by atoms with E-state index >= 15 is 0 Å².